The third kappa shape index (κ3) is 2.45. The molecule has 0 atom stereocenters. The summed E-state index contributed by atoms with van der Waals surface area (Å²) in [5, 5.41) is 2.50. The molecular formula is C14H19BFNO3. The average molecular weight is 279 g/mol. The molecule has 1 heterocycles. The Morgan fingerprint density at radius 2 is 1.75 bits per heavy atom. The highest BCUT2D eigenvalue weighted by atomic mass is 19.1. The maximum absolute atomic E-state index is 13.4. The maximum atomic E-state index is 13.4. The molecule has 4 nitrogen and oxygen atoms in total. The molecule has 20 heavy (non-hydrogen) atoms. The topological polar surface area (TPSA) is 47.6 Å². The molecule has 1 N–H and O–H groups in total. The highest BCUT2D eigenvalue weighted by molar-refractivity contribution is 6.63. The molecule has 0 aliphatic carbocycles. The van der Waals surface area contributed by atoms with Crippen molar-refractivity contribution in [2.24, 2.45) is 0 Å². The third-order valence-electron chi connectivity index (χ3n) is 3.99. The van der Waals surface area contributed by atoms with Gasteiger partial charge in [-0.1, -0.05) is 6.07 Å². The van der Waals surface area contributed by atoms with Crippen LogP contribution in [0.4, 0.5) is 4.39 Å². The van der Waals surface area contributed by atoms with Gasteiger partial charge in [-0.3, -0.25) is 4.79 Å². The molecule has 0 aromatic heterocycles. The number of carbonyl (C=O) groups is 1. The molecule has 1 aromatic carbocycles. The molecule has 1 aromatic rings. The van der Waals surface area contributed by atoms with Crippen LogP contribution in [0, 0.1) is 5.82 Å². The smallest absolute Gasteiger partial charge is 0.399 e. The second kappa shape index (κ2) is 4.86. The van der Waals surface area contributed by atoms with Crippen molar-refractivity contribution < 1.29 is 18.5 Å². The van der Waals surface area contributed by atoms with Crippen molar-refractivity contribution in [2.45, 2.75) is 38.9 Å². The van der Waals surface area contributed by atoms with E-state index in [1.54, 1.807) is 0 Å². The van der Waals surface area contributed by atoms with Gasteiger partial charge in [-0.05, 0) is 45.3 Å². The maximum Gasteiger partial charge on any atom is 0.495 e. The molecule has 6 heteroatoms. The standard InChI is InChI=1S/C14H19BFNO3/c1-13(2)14(3,4)20-15(19-13)11-7-6-9(16)8-10(11)12(18)17-5/h6-8H,1-5H3,(H,17,18). The van der Waals surface area contributed by atoms with Crippen molar-refractivity contribution in [1.82, 2.24) is 5.32 Å². The molecule has 1 amide bonds. The zero-order chi connectivity index (χ0) is 15.1. The van der Waals surface area contributed by atoms with E-state index in [0.29, 0.717) is 5.46 Å². The van der Waals surface area contributed by atoms with Crippen LogP contribution in [0.2, 0.25) is 0 Å². The van der Waals surface area contributed by atoms with Crippen molar-refractivity contribution in [3.05, 3.63) is 29.6 Å². The van der Waals surface area contributed by atoms with Crippen molar-refractivity contribution in [2.75, 3.05) is 7.05 Å². The number of carbonyl (C=O) groups excluding carboxylic acids is 1. The zero-order valence-electron chi connectivity index (χ0n) is 12.4. The average Bonchev–Trinajstić information content (AvgIpc) is 2.57. The SMILES string of the molecule is CNC(=O)c1cc(F)ccc1B1OC(C)(C)C(C)(C)O1. The summed E-state index contributed by atoms with van der Waals surface area (Å²) in [4.78, 5) is 11.9. The number of rotatable bonds is 2. The van der Waals surface area contributed by atoms with Gasteiger partial charge in [0.2, 0.25) is 0 Å². The van der Waals surface area contributed by atoms with Crippen LogP contribution < -0.4 is 10.8 Å². The molecule has 1 saturated heterocycles. The molecule has 1 aliphatic heterocycles. The van der Waals surface area contributed by atoms with Crippen LogP contribution in [0.5, 0.6) is 0 Å². The summed E-state index contributed by atoms with van der Waals surface area (Å²) in [6.07, 6.45) is 0. The number of hydrogen-bond donors (Lipinski definition) is 1. The minimum absolute atomic E-state index is 0.228. The van der Waals surface area contributed by atoms with Gasteiger partial charge < -0.3 is 14.6 Å². The summed E-state index contributed by atoms with van der Waals surface area (Å²) in [6, 6.07) is 4.02. The Bertz CT molecular complexity index is 529. The van der Waals surface area contributed by atoms with E-state index in [4.69, 9.17) is 9.31 Å². The molecule has 0 spiro atoms. The fraction of sp³-hybridized carbons (Fsp3) is 0.500. The van der Waals surface area contributed by atoms with Gasteiger partial charge in [0.15, 0.2) is 0 Å². The van der Waals surface area contributed by atoms with E-state index in [-0.39, 0.29) is 11.5 Å². The fourth-order valence-corrected chi connectivity index (χ4v) is 2.04. The van der Waals surface area contributed by atoms with Crippen LogP contribution in [0.1, 0.15) is 38.1 Å². The Kier molecular flexibility index (Phi) is 3.65. The second-order valence-corrected chi connectivity index (χ2v) is 5.90. The van der Waals surface area contributed by atoms with E-state index in [1.807, 2.05) is 27.7 Å². The quantitative estimate of drug-likeness (QED) is 0.834. The monoisotopic (exact) mass is 279 g/mol. The largest absolute Gasteiger partial charge is 0.495 e. The first-order valence-corrected chi connectivity index (χ1v) is 6.55. The molecule has 108 valence electrons. The zero-order valence-corrected chi connectivity index (χ0v) is 12.4. The van der Waals surface area contributed by atoms with Gasteiger partial charge in [-0.25, -0.2) is 4.39 Å². The van der Waals surface area contributed by atoms with E-state index in [9.17, 15) is 9.18 Å². The first-order chi connectivity index (χ1) is 9.18. The molecular weight excluding hydrogens is 260 g/mol. The van der Waals surface area contributed by atoms with Gasteiger partial charge in [-0.15, -0.1) is 0 Å². The lowest BCUT2D eigenvalue weighted by molar-refractivity contribution is 0.00578. The predicted molar refractivity (Wildman–Crippen MR) is 75.5 cm³/mol. The number of amides is 1. The molecule has 0 saturated carbocycles. The summed E-state index contributed by atoms with van der Waals surface area (Å²) in [6.45, 7) is 7.71. The summed E-state index contributed by atoms with van der Waals surface area (Å²) < 4.78 is 25.2. The van der Waals surface area contributed by atoms with Crippen LogP contribution in [-0.4, -0.2) is 31.3 Å². The molecule has 1 fully saturated rings. The number of hydrogen-bond acceptors (Lipinski definition) is 3. The van der Waals surface area contributed by atoms with Crippen LogP contribution in [0.3, 0.4) is 0 Å². The minimum atomic E-state index is -0.687. The third-order valence-corrected chi connectivity index (χ3v) is 3.99. The van der Waals surface area contributed by atoms with Crippen molar-refractivity contribution >= 4 is 18.5 Å². The van der Waals surface area contributed by atoms with Gasteiger partial charge in [0, 0.05) is 12.6 Å². The number of benzene rings is 1. The van der Waals surface area contributed by atoms with Gasteiger partial charge in [0.05, 0.1) is 11.2 Å². The highest BCUT2D eigenvalue weighted by Crippen LogP contribution is 2.36. The van der Waals surface area contributed by atoms with Crippen LogP contribution in [-0.2, 0) is 9.31 Å². The van der Waals surface area contributed by atoms with E-state index in [1.165, 1.54) is 25.2 Å². The first-order valence-electron chi connectivity index (χ1n) is 6.55. The van der Waals surface area contributed by atoms with E-state index in [0.717, 1.165) is 0 Å². The molecule has 1 aliphatic rings. The lowest BCUT2D eigenvalue weighted by Crippen LogP contribution is -2.41. The molecule has 0 bridgehead atoms. The Balaban J connectivity index is 2.42. The minimum Gasteiger partial charge on any atom is -0.399 e. The van der Waals surface area contributed by atoms with Crippen molar-refractivity contribution in [3.8, 4) is 0 Å². The van der Waals surface area contributed by atoms with Gasteiger partial charge in [-0.2, -0.15) is 0 Å². The van der Waals surface area contributed by atoms with E-state index < -0.39 is 24.1 Å². The summed E-state index contributed by atoms with van der Waals surface area (Å²) in [5.41, 5.74) is -0.256. The van der Waals surface area contributed by atoms with Gasteiger partial charge >= 0.3 is 7.12 Å². The van der Waals surface area contributed by atoms with Crippen molar-refractivity contribution in [1.29, 1.82) is 0 Å². The number of nitrogens with one attached hydrogen (secondary N) is 1. The van der Waals surface area contributed by atoms with Crippen LogP contribution >= 0.6 is 0 Å². The van der Waals surface area contributed by atoms with E-state index >= 15 is 0 Å². The van der Waals surface area contributed by atoms with Gasteiger partial charge in [0.25, 0.3) is 5.91 Å². The molecule has 2 rings (SSSR count). The van der Waals surface area contributed by atoms with Gasteiger partial charge in [0.1, 0.15) is 5.82 Å². The molecule has 0 unspecified atom stereocenters. The summed E-state index contributed by atoms with van der Waals surface area (Å²) >= 11 is 0. The van der Waals surface area contributed by atoms with Crippen LogP contribution in [0.15, 0.2) is 18.2 Å². The Labute approximate surface area is 118 Å². The Hall–Kier alpha value is -1.40. The first kappa shape index (κ1) is 15.0. The molecule has 0 radical (unpaired) electrons. The van der Waals surface area contributed by atoms with E-state index in [2.05, 4.69) is 5.32 Å². The normalized spacial score (nSPS) is 20.0. The number of halogens is 1. The lowest BCUT2D eigenvalue weighted by Gasteiger charge is -2.32. The Morgan fingerprint density at radius 3 is 2.25 bits per heavy atom. The second-order valence-electron chi connectivity index (χ2n) is 5.90. The fourth-order valence-electron chi connectivity index (χ4n) is 2.04. The van der Waals surface area contributed by atoms with Crippen molar-refractivity contribution in [3.63, 3.8) is 0 Å². The highest BCUT2D eigenvalue weighted by Gasteiger charge is 2.52. The van der Waals surface area contributed by atoms with Crippen LogP contribution in [0.25, 0.3) is 0 Å². The summed E-state index contributed by atoms with van der Waals surface area (Å²) in [7, 11) is 0.814. The predicted octanol–water partition coefficient (Wildman–Crippen LogP) is 1.48. The summed E-state index contributed by atoms with van der Waals surface area (Å²) in [5.74, 6) is -0.835. The lowest BCUT2D eigenvalue weighted by atomic mass is 9.75. The Morgan fingerprint density at radius 1 is 1.20 bits per heavy atom.